The summed E-state index contributed by atoms with van der Waals surface area (Å²) in [6.45, 7) is 5.42. The molecule has 0 aromatic heterocycles. The third-order valence-electron chi connectivity index (χ3n) is 7.15. The van der Waals surface area contributed by atoms with Crippen molar-refractivity contribution in [2.24, 2.45) is 0 Å². The molecule has 6 heteroatoms. The minimum absolute atomic E-state index is 0.111. The second kappa shape index (κ2) is 11.1. The fourth-order valence-corrected chi connectivity index (χ4v) is 5.43. The second-order valence-corrected chi connectivity index (χ2v) is 9.50. The van der Waals surface area contributed by atoms with Crippen molar-refractivity contribution in [3.8, 4) is 0 Å². The molecule has 6 nitrogen and oxygen atoms in total. The first-order valence-corrected chi connectivity index (χ1v) is 12.6. The van der Waals surface area contributed by atoms with E-state index in [1.807, 2.05) is 0 Å². The molecule has 6 rings (SSSR count). The summed E-state index contributed by atoms with van der Waals surface area (Å²) in [5.41, 5.74) is 0. The van der Waals surface area contributed by atoms with E-state index in [0.29, 0.717) is 0 Å². The van der Waals surface area contributed by atoms with E-state index in [1.165, 1.54) is 57.8 Å². The monoisotopic (exact) mass is 426 g/mol. The van der Waals surface area contributed by atoms with Gasteiger partial charge in [0.25, 0.3) is 0 Å². The third-order valence-corrected chi connectivity index (χ3v) is 7.15. The van der Waals surface area contributed by atoms with Gasteiger partial charge in [-0.15, -0.1) is 0 Å². The van der Waals surface area contributed by atoms with Crippen molar-refractivity contribution in [2.75, 3.05) is 39.6 Å². The summed E-state index contributed by atoms with van der Waals surface area (Å²) in [4.78, 5) is 0. The van der Waals surface area contributed by atoms with Crippen LogP contribution in [0.15, 0.2) is 0 Å². The molecule has 6 aliphatic heterocycles. The van der Waals surface area contributed by atoms with E-state index in [4.69, 9.17) is 28.4 Å². The lowest BCUT2D eigenvalue weighted by atomic mass is 9.97. The van der Waals surface area contributed by atoms with E-state index >= 15 is 0 Å². The summed E-state index contributed by atoms with van der Waals surface area (Å²) < 4.78 is 33.5. The molecule has 30 heavy (non-hydrogen) atoms. The van der Waals surface area contributed by atoms with Gasteiger partial charge in [-0.25, -0.2) is 0 Å². The van der Waals surface area contributed by atoms with Crippen LogP contribution >= 0.6 is 0 Å². The summed E-state index contributed by atoms with van der Waals surface area (Å²) in [5, 5.41) is 0. The average Bonchev–Trinajstić information content (AvgIpc) is 3.56. The first-order chi connectivity index (χ1) is 14.7. The van der Waals surface area contributed by atoms with E-state index in [0.717, 1.165) is 78.2 Å². The van der Waals surface area contributed by atoms with Gasteiger partial charge in [0.15, 0.2) is 17.4 Å². The predicted molar refractivity (Wildman–Crippen MR) is 113 cm³/mol. The number of rotatable bonds is 0. The second-order valence-electron chi connectivity index (χ2n) is 9.50. The Kier molecular flexibility index (Phi) is 8.46. The highest BCUT2D eigenvalue weighted by atomic mass is 16.7. The van der Waals surface area contributed by atoms with Gasteiger partial charge in [-0.05, 0) is 57.8 Å². The molecule has 0 aliphatic carbocycles. The normalized spacial score (nSPS) is 34.4. The minimum Gasteiger partial charge on any atom is -0.350 e. The van der Waals surface area contributed by atoms with Gasteiger partial charge in [-0.3, -0.25) is 0 Å². The molecule has 6 fully saturated rings. The van der Waals surface area contributed by atoms with E-state index in [-0.39, 0.29) is 17.4 Å². The highest BCUT2D eigenvalue weighted by Crippen LogP contribution is 2.36. The van der Waals surface area contributed by atoms with Gasteiger partial charge < -0.3 is 28.4 Å². The maximum atomic E-state index is 5.68. The lowest BCUT2D eigenvalue weighted by Crippen LogP contribution is -2.41. The fraction of sp³-hybridized carbons (Fsp3) is 1.00. The topological polar surface area (TPSA) is 55.4 Å². The third kappa shape index (κ3) is 6.17. The first-order valence-electron chi connectivity index (χ1n) is 12.6. The maximum absolute atomic E-state index is 5.68. The number of hydrogen-bond acceptors (Lipinski definition) is 6. The van der Waals surface area contributed by atoms with Crippen LogP contribution in [-0.4, -0.2) is 57.0 Å². The Morgan fingerprint density at radius 2 is 0.500 bits per heavy atom. The minimum atomic E-state index is -0.142. The van der Waals surface area contributed by atoms with Gasteiger partial charge in [-0.2, -0.15) is 0 Å². The van der Waals surface area contributed by atoms with Crippen molar-refractivity contribution >= 4 is 0 Å². The number of ether oxygens (including phenoxy) is 6. The highest BCUT2D eigenvalue weighted by molar-refractivity contribution is 4.80. The molecule has 0 amide bonds. The smallest absolute Gasteiger partial charge is 0.168 e. The Labute approximate surface area is 182 Å². The van der Waals surface area contributed by atoms with E-state index < -0.39 is 0 Å². The van der Waals surface area contributed by atoms with Crippen molar-refractivity contribution < 1.29 is 28.4 Å². The first kappa shape index (κ1) is 22.9. The van der Waals surface area contributed by atoms with Crippen LogP contribution in [0.5, 0.6) is 0 Å². The van der Waals surface area contributed by atoms with Crippen molar-refractivity contribution in [1.29, 1.82) is 0 Å². The zero-order valence-electron chi connectivity index (χ0n) is 18.8. The summed E-state index contributed by atoms with van der Waals surface area (Å²) >= 11 is 0. The van der Waals surface area contributed by atoms with Gasteiger partial charge >= 0.3 is 0 Å². The lowest BCUT2D eigenvalue weighted by molar-refractivity contribution is -0.272. The molecule has 3 spiro atoms. The van der Waals surface area contributed by atoms with Crippen LogP contribution in [0.25, 0.3) is 0 Å². The van der Waals surface area contributed by atoms with Crippen molar-refractivity contribution in [3.63, 3.8) is 0 Å². The van der Waals surface area contributed by atoms with Gasteiger partial charge in [0.2, 0.25) is 0 Å². The molecule has 0 aromatic rings. The molecule has 174 valence electrons. The van der Waals surface area contributed by atoms with Crippen LogP contribution in [0.2, 0.25) is 0 Å². The molecular formula is C24H42O6. The molecule has 0 saturated carbocycles. The lowest BCUT2D eigenvalue weighted by Gasteiger charge is -2.39. The Hall–Kier alpha value is -0.240. The molecule has 6 heterocycles. The molecule has 6 saturated heterocycles. The van der Waals surface area contributed by atoms with Crippen LogP contribution in [0.3, 0.4) is 0 Å². The van der Waals surface area contributed by atoms with Crippen LogP contribution in [-0.2, 0) is 28.4 Å². The van der Waals surface area contributed by atoms with Crippen molar-refractivity contribution in [2.45, 2.75) is 114 Å². The molecule has 1 unspecified atom stereocenters. The highest BCUT2D eigenvalue weighted by Gasteiger charge is 2.39. The van der Waals surface area contributed by atoms with E-state index in [1.54, 1.807) is 0 Å². The van der Waals surface area contributed by atoms with E-state index in [2.05, 4.69) is 0 Å². The van der Waals surface area contributed by atoms with Gasteiger partial charge in [0.1, 0.15) is 0 Å². The van der Waals surface area contributed by atoms with Crippen molar-refractivity contribution in [3.05, 3.63) is 0 Å². The predicted octanol–water partition coefficient (Wildman–Crippen LogP) is 5.08. The Bertz CT molecular complexity index is 435. The Morgan fingerprint density at radius 3 is 0.700 bits per heavy atom. The van der Waals surface area contributed by atoms with Gasteiger partial charge in [0.05, 0.1) is 39.6 Å². The maximum Gasteiger partial charge on any atom is 0.168 e. The summed E-state index contributed by atoms with van der Waals surface area (Å²) in [5.74, 6) is -0.380. The zero-order chi connectivity index (χ0) is 20.6. The zero-order valence-corrected chi connectivity index (χ0v) is 18.8. The Morgan fingerprint density at radius 1 is 0.267 bits per heavy atom. The molecule has 0 radical (unpaired) electrons. The van der Waals surface area contributed by atoms with Crippen LogP contribution in [0.4, 0.5) is 0 Å². The molecule has 1 atom stereocenters. The molecular weight excluding hydrogens is 384 g/mol. The average molecular weight is 427 g/mol. The molecule has 6 aliphatic rings. The van der Waals surface area contributed by atoms with E-state index in [9.17, 15) is 0 Å². The van der Waals surface area contributed by atoms with Crippen LogP contribution < -0.4 is 0 Å². The van der Waals surface area contributed by atoms with Crippen molar-refractivity contribution in [1.82, 2.24) is 0 Å². The summed E-state index contributed by atoms with van der Waals surface area (Å²) in [6, 6.07) is 0. The largest absolute Gasteiger partial charge is 0.350 e. The fourth-order valence-electron chi connectivity index (χ4n) is 5.43. The van der Waals surface area contributed by atoms with Gasteiger partial charge in [-0.1, -0.05) is 0 Å². The van der Waals surface area contributed by atoms with Crippen LogP contribution in [0, 0.1) is 0 Å². The molecule has 0 bridgehead atoms. The van der Waals surface area contributed by atoms with Gasteiger partial charge in [0, 0.05) is 38.5 Å². The quantitative estimate of drug-likeness (QED) is 0.538. The SMILES string of the molecule is C1CCC2(CCCCO2)OC1.C1CCC2(CCCO2)OC1.C1COC2(C1)CCCO2. The molecule has 0 aromatic carbocycles. The summed E-state index contributed by atoms with van der Waals surface area (Å²) in [6.07, 6.45) is 17.7. The van der Waals surface area contributed by atoms with Crippen LogP contribution in [0.1, 0.15) is 96.3 Å². The summed E-state index contributed by atoms with van der Waals surface area (Å²) in [7, 11) is 0. The Balaban J connectivity index is 0.000000109. The standard InChI is InChI=1S/C9H16O2.C8H14O2.C7H12O2/c1-3-7-10-9(5-1)6-2-4-8-11-9;1-2-6-9-8(4-1)5-3-7-10-8;1-3-7(8-5-1)4-2-6-9-7/h1-8H2;1-7H2;1-6H2. The number of hydrogen-bond donors (Lipinski definition) is 0. The molecule has 0 N–H and O–H groups in total.